The van der Waals surface area contributed by atoms with Crippen LogP contribution in [-0.4, -0.2) is 25.8 Å². The molecule has 1 aliphatic heterocycles. The minimum atomic E-state index is -0.742. The summed E-state index contributed by atoms with van der Waals surface area (Å²) in [4.78, 5) is 12.1. The van der Waals surface area contributed by atoms with Gasteiger partial charge in [-0.1, -0.05) is 24.3 Å². The van der Waals surface area contributed by atoms with Crippen molar-refractivity contribution in [1.82, 2.24) is 0 Å². The van der Waals surface area contributed by atoms with Gasteiger partial charge in [0.1, 0.15) is 19.0 Å². The fourth-order valence-electron chi connectivity index (χ4n) is 2.10. The van der Waals surface area contributed by atoms with E-state index in [0.29, 0.717) is 11.5 Å². The van der Waals surface area contributed by atoms with Crippen molar-refractivity contribution in [3.05, 3.63) is 54.1 Å². The highest BCUT2D eigenvalue weighted by Crippen LogP contribution is 2.31. The average molecular weight is 300 g/mol. The van der Waals surface area contributed by atoms with E-state index in [9.17, 15) is 4.79 Å². The molecule has 0 spiro atoms. The number of carbonyl (C=O) groups is 1. The van der Waals surface area contributed by atoms with E-state index in [1.165, 1.54) is 0 Å². The number of methoxy groups -OCH3 is 1. The zero-order chi connectivity index (χ0) is 15.4. The first-order valence-electron chi connectivity index (χ1n) is 6.94. The molecule has 114 valence electrons. The molecule has 0 saturated carbocycles. The van der Waals surface area contributed by atoms with Gasteiger partial charge in [-0.3, -0.25) is 0 Å². The van der Waals surface area contributed by atoms with Gasteiger partial charge in [0, 0.05) is 0 Å². The molecular formula is C17H16O5. The zero-order valence-corrected chi connectivity index (χ0v) is 12.2. The molecule has 0 aliphatic carbocycles. The van der Waals surface area contributed by atoms with Crippen molar-refractivity contribution in [1.29, 1.82) is 0 Å². The molecule has 0 saturated heterocycles. The van der Waals surface area contributed by atoms with Crippen LogP contribution in [0.1, 0.15) is 5.56 Å². The van der Waals surface area contributed by atoms with Gasteiger partial charge in [-0.25, -0.2) is 4.79 Å². The number of esters is 1. The van der Waals surface area contributed by atoms with Crippen molar-refractivity contribution in [3.8, 4) is 17.2 Å². The summed E-state index contributed by atoms with van der Waals surface area (Å²) >= 11 is 0. The number of benzene rings is 2. The molecule has 0 N–H and O–H groups in total. The first-order valence-corrected chi connectivity index (χ1v) is 6.94. The van der Waals surface area contributed by atoms with Crippen LogP contribution in [0.25, 0.3) is 0 Å². The van der Waals surface area contributed by atoms with E-state index in [4.69, 9.17) is 18.9 Å². The Hall–Kier alpha value is -2.69. The number of hydrogen-bond donors (Lipinski definition) is 0. The molecule has 3 rings (SSSR count). The smallest absolute Gasteiger partial charge is 0.351 e. The van der Waals surface area contributed by atoms with Gasteiger partial charge in [-0.15, -0.1) is 0 Å². The molecule has 2 aromatic rings. The van der Waals surface area contributed by atoms with E-state index >= 15 is 0 Å². The van der Waals surface area contributed by atoms with Gasteiger partial charge < -0.3 is 18.9 Å². The van der Waals surface area contributed by atoms with Gasteiger partial charge in [0.25, 0.3) is 0 Å². The molecule has 0 aromatic heterocycles. The molecule has 5 heteroatoms. The van der Waals surface area contributed by atoms with Crippen LogP contribution >= 0.6 is 0 Å². The Kier molecular flexibility index (Phi) is 4.14. The number of fused-ring (bicyclic) bond motifs is 1. The Balaban J connectivity index is 1.56. The number of carbonyl (C=O) groups excluding carboxylic acids is 1. The lowest BCUT2D eigenvalue weighted by atomic mass is 10.2. The second-order valence-electron chi connectivity index (χ2n) is 4.82. The second kappa shape index (κ2) is 6.39. The third-order valence-corrected chi connectivity index (χ3v) is 3.31. The number of hydrogen-bond acceptors (Lipinski definition) is 5. The number of para-hydroxylation sites is 2. The summed E-state index contributed by atoms with van der Waals surface area (Å²) in [6, 6.07) is 14.6. The summed E-state index contributed by atoms with van der Waals surface area (Å²) in [6.07, 6.45) is -0.742. The van der Waals surface area contributed by atoms with E-state index < -0.39 is 12.1 Å². The molecule has 0 bridgehead atoms. The topological polar surface area (TPSA) is 54.0 Å². The largest absolute Gasteiger partial charge is 0.497 e. The van der Waals surface area contributed by atoms with Gasteiger partial charge in [-0.05, 0) is 29.8 Å². The van der Waals surface area contributed by atoms with Crippen LogP contribution in [0, 0.1) is 0 Å². The van der Waals surface area contributed by atoms with Gasteiger partial charge in [0.15, 0.2) is 11.5 Å². The second-order valence-corrected chi connectivity index (χ2v) is 4.82. The Morgan fingerprint density at radius 2 is 1.86 bits per heavy atom. The summed E-state index contributed by atoms with van der Waals surface area (Å²) in [6.45, 7) is 0.336. The molecule has 22 heavy (non-hydrogen) atoms. The van der Waals surface area contributed by atoms with Gasteiger partial charge >= 0.3 is 5.97 Å². The third kappa shape index (κ3) is 3.14. The molecular weight excluding hydrogens is 284 g/mol. The minimum Gasteiger partial charge on any atom is -0.497 e. The summed E-state index contributed by atoms with van der Waals surface area (Å²) in [7, 11) is 1.60. The summed E-state index contributed by atoms with van der Waals surface area (Å²) in [5.41, 5.74) is 0.881. The van der Waals surface area contributed by atoms with Gasteiger partial charge in [0.2, 0.25) is 6.10 Å². The normalized spacial score (nSPS) is 16.0. The maximum absolute atomic E-state index is 12.1. The van der Waals surface area contributed by atoms with Crippen molar-refractivity contribution < 1.29 is 23.7 Å². The summed E-state index contributed by atoms with van der Waals surface area (Å²) < 4.78 is 21.4. The SMILES string of the molecule is COc1ccc(COC(=O)C2COc3ccccc3O2)cc1. The molecule has 1 unspecified atom stereocenters. The van der Waals surface area contributed by atoms with Gasteiger partial charge in [0.05, 0.1) is 7.11 Å². The highest BCUT2D eigenvalue weighted by atomic mass is 16.6. The fraction of sp³-hybridized carbons (Fsp3) is 0.235. The Morgan fingerprint density at radius 1 is 1.14 bits per heavy atom. The lowest BCUT2D eigenvalue weighted by Gasteiger charge is -2.24. The minimum absolute atomic E-state index is 0.151. The molecule has 0 fully saturated rings. The molecule has 0 radical (unpaired) electrons. The Labute approximate surface area is 128 Å². The highest BCUT2D eigenvalue weighted by Gasteiger charge is 2.28. The van der Waals surface area contributed by atoms with Crippen LogP contribution in [0.4, 0.5) is 0 Å². The quantitative estimate of drug-likeness (QED) is 0.812. The first-order chi connectivity index (χ1) is 10.8. The Bertz CT molecular complexity index is 650. The van der Waals surface area contributed by atoms with Crippen molar-refractivity contribution in [2.24, 2.45) is 0 Å². The first kappa shape index (κ1) is 14.3. The predicted molar refractivity (Wildman–Crippen MR) is 79.1 cm³/mol. The van der Waals surface area contributed by atoms with Crippen molar-refractivity contribution in [3.63, 3.8) is 0 Å². The molecule has 0 amide bonds. The predicted octanol–water partition coefficient (Wildman–Crippen LogP) is 2.58. The molecule has 1 aliphatic rings. The van der Waals surface area contributed by atoms with Crippen molar-refractivity contribution >= 4 is 5.97 Å². The van der Waals surface area contributed by atoms with Crippen molar-refractivity contribution in [2.75, 3.05) is 13.7 Å². The monoisotopic (exact) mass is 300 g/mol. The maximum Gasteiger partial charge on any atom is 0.351 e. The molecule has 2 aromatic carbocycles. The fourth-order valence-corrected chi connectivity index (χ4v) is 2.10. The summed E-state index contributed by atoms with van der Waals surface area (Å²) in [5, 5.41) is 0. The molecule has 1 atom stereocenters. The van der Waals surface area contributed by atoms with Crippen LogP contribution in [0.5, 0.6) is 17.2 Å². The summed E-state index contributed by atoms with van der Waals surface area (Å²) in [5.74, 6) is 1.52. The van der Waals surface area contributed by atoms with E-state index in [1.807, 2.05) is 36.4 Å². The van der Waals surface area contributed by atoms with Crippen LogP contribution in [-0.2, 0) is 16.1 Å². The number of ether oxygens (including phenoxy) is 4. The number of rotatable bonds is 4. The lowest BCUT2D eigenvalue weighted by molar-refractivity contribution is -0.155. The average Bonchev–Trinajstić information content (AvgIpc) is 2.59. The third-order valence-electron chi connectivity index (χ3n) is 3.31. The van der Waals surface area contributed by atoms with Gasteiger partial charge in [-0.2, -0.15) is 0 Å². The lowest BCUT2D eigenvalue weighted by Crippen LogP contribution is -2.37. The van der Waals surface area contributed by atoms with Crippen LogP contribution in [0.2, 0.25) is 0 Å². The van der Waals surface area contributed by atoms with Crippen LogP contribution in [0.15, 0.2) is 48.5 Å². The van der Waals surface area contributed by atoms with Crippen molar-refractivity contribution in [2.45, 2.75) is 12.7 Å². The van der Waals surface area contributed by atoms with E-state index in [1.54, 1.807) is 19.2 Å². The van der Waals surface area contributed by atoms with Crippen LogP contribution in [0.3, 0.4) is 0 Å². The molecule has 1 heterocycles. The van der Waals surface area contributed by atoms with E-state index in [0.717, 1.165) is 11.3 Å². The Morgan fingerprint density at radius 3 is 2.59 bits per heavy atom. The maximum atomic E-state index is 12.1. The highest BCUT2D eigenvalue weighted by molar-refractivity contribution is 5.76. The standard InChI is InChI=1S/C17H16O5/c1-19-13-8-6-12(7-9-13)10-21-17(18)16-11-20-14-4-2-3-5-15(14)22-16/h2-9,16H,10-11H2,1H3. The van der Waals surface area contributed by atoms with Crippen LogP contribution < -0.4 is 14.2 Å². The molecule has 5 nitrogen and oxygen atoms in total. The van der Waals surface area contributed by atoms with E-state index in [2.05, 4.69) is 0 Å². The van der Waals surface area contributed by atoms with E-state index in [-0.39, 0.29) is 13.2 Å². The zero-order valence-electron chi connectivity index (χ0n) is 12.2.